The van der Waals surface area contributed by atoms with Crippen LogP contribution in [0, 0.1) is 11.8 Å². The highest BCUT2D eigenvalue weighted by molar-refractivity contribution is 5.60. The average molecular weight is 174 g/mol. The molecule has 3 unspecified atom stereocenters. The lowest BCUT2D eigenvalue weighted by Gasteiger charge is -2.24. The van der Waals surface area contributed by atoms with Crippen LogP contribution in [-0.4, -0.2) is 18.9 Å². The summed E-state index contributed by atoms with van der Waals surface area (Å²) in [5.41, 5.74) is 0. The third kappa shape index (κ3) is 1.63. The molecule has 3 atom stereocenters. The fraction of sp³-hybridized carbons (Fsp3) is 0.364. The lowest BCUT2D eigenvalue weighted by atomic mass is 9.84. The van der Waals surface area contributed by atoms with Crippen LogP contribution in [0.2, 0.25) is 0 Å². The van der Waals surface area contributed by atoms with Crippen molar-refractivity contribution < 1.29 is 4.79 Å². The van der Waals surface area contributed by atoms with E-state index in [1.807, 2.05) is 12.2 Å². The molecule has 1 N–H and O–H groups in total. The number of carbonyl (C=O) groups excluding carboxylic acids is 1. The molecule has 2 aliphatic rings. The van der Waals surface area contributed by atoms with Gasteiger partial charge in [0.1, 0.15) is 0 Å². The molecule has 0 amide bonds. The highest BCUT2D eigenvalue weighted by atomic mass is 16.1. The van der Waals surface area contributed by atoms with E-state index in [4.69, 9.17) is 0 Å². The molecule has 0 bridgehead atoms. The minimum Gasteiger partial charge on any atom is -0.303 e. The van der Waals surface area contributed by atoms with E-state index in [9.17, 15) is 4.79 Å². The van der Waals surface area contributed by atoms with Crippen LogP contribution < -0.4 is 5.32 Å². The number of fused-ring (bicyclic) bond motifs is 1. The molecule has 2 rings (SSSR count). The van der Waals surface area contributed by atoms with Gasteiger partial charge < -0.3 is 5.32 Å². The second kappa shape index (κ2) is 3.71. The Morgan fingerprint density at radius 2 is 2.08 bits per heavy atom. The number of hydrogen-bond donors (Lipinski definition) is 1. The van der Waals surface area contributed by atoms with E-state index in [1.165, 1.54) is 0 Å². The Morgan fingerprint density at radius 3 is 2.92 bits per heavy atom. The van der Waals surface area contributed by atoms with Crippen molar-refractivity contribution in [3.63, 3.8) is 0 Å². The topological polar surface area (TPSA) is 29.1 Å². The smallest absolute Gasteiger partial charge is 0.217 e. The molecule has 1 aliphatic carbocycles. The molecule has 0 aromatic rings. The minimum absolute atomic E-state index is 0.166. The maximum atomic E-state index is 10.7. The van der Waals surface area contributed by atoms with Gasteiger partial charge in [-0.05, 0) is 0 Å². The summed E-state index contributed by atoms with van der Waals surface area (Å²) >= 11 is 0. The molecular formula is C11H12NO. The summed E-state index contributed by atoms with van der Waals surface area (Å²) < 4.78 is 0. The minimum atomic E-state index is -0.166. The molecule has 0 aromatic carbocycles. The fourth-order valence-electron chi connectivity index (χ4n) is 1.84. The zero-order valence-corrected chi connectivity index (χ0v) is 7.31. The summed E-state index contributed by atoms with van der Waals surface area (Å²) in [5.74, 6) is 0.590. The van der Waals surface area contributed by atoms with Gasteiger partial charge in [0.2, 0.25) is 6.29 Å². The van der Waals surface area contributed by atoms with Crippen molar-refractivity contribution in [2.45, 2.75) is 6.04 Å². The van der Waals surface area contributed by atoms with Gasteiger partial charge in [-0.3, -0.25) is 4.79 Å². The van der Waals surface area contributed by atoms with Crippen LogP contribution in [0.25, 0.3) is 0 Å². The van der Waals surface area contributed by atoms with Gasteiger partial charge >= 0.3 is 0 Å². The Morgan fingerprint density at radius 1 is 1.23 bits per heavy atom. The lowest BCUT2D eigenvalue weighted by Crippen LogP contribution is -2.38. The highest BCUT2D eigenvalue weighted by Gasteiger charge is 2.26. The molecule has 1 aliphatic heterocycles. The van der Waals surface area contributed by atoms with Gasteiger partial charge in [-0.1, -0.05) is 36.5 Å². The Labute approximate surface area is 78.0 Å². The first-order valence-corrected chi connectivity index (χ1v) is 4.54. The normalized spacial score (nSPS) is 36.8. The zero-order valence-electron chi connectivity index (χ0n) is 7.31. The zero-order chi connectivity index (χ0) is 9.10. The summed E-state index contributed by atoms with van der Waals surface area (Å²) in [6, 6.07) is -0.166. The summed E-state index contributed by atoms with van der Waals surface area (Å²) in [6.45, 7) is 0.759. The van der Waals surface area contributed by atoms with Gasteiger partial charge in [-0.15, -0.1) is 0 Å². The van der Waals surface area contributed by atoms with Crippen LogP contribution in [0.4, 0.5) is 0 Å². The van der Waals surface area contributed by atoms with Gasteiger partial charge in [0.05, 0.1) is 6.04 Å². The lowest BCUT2D eigenvalue weighted by molar-refractivity contribution is 0.438. The first-order valence-electron chi connectivity index (χ1n) is 4.54. The van der Waals surface area contributed by atoms with E-state index in [0.29, 0.717) is 5.92 Å². The summed E-state index contributed by atoms with van der Waals surface area (Å²) in [5, 5.41) is 3.13. The van der Waals surface area contributed by atoms with Gasteiger partial charge in [0.25, 0.3) is 0 Å². The SMILES string of the molecule is O=[C]C1NCC=CC2C=CC=CC21. The number of nitrogens with one attached hydrogen (secondary N) is 1. The van der Waals surface area contributed by atoms with Crippen LogP contribution in [0.3, 0.4) is 0 Å². The molecule has 13 heavy (non-hydrogen) atoms. The molecule has 0 saturated heterocycles. The fourth-order valence-corrected chi connectivity index (χ4v) is 1.84. The van der Waals surface area contributed by atoms with Crippen molar-refractivity contribution in [2.75, 3.05) is 6.54 Å². The van der Waals surface area contributed by atoms with E-state index in [2.05, 4.69) is 35.9 Å². The third-order valence-electron chi connectivity index (χ3n) is 2.55. The summed E-state index contributed by atoms with van der Waals surface area (Å²) in [6.07, 6.45) is 14.5. The van der Waals surface area contributed by atoms with Crippen LogP contribution in [0.15, 0.2) is 36.5 Å². The maximum Gasteiger partial charge on any atom is 0.217 e. The quantitative estimate of drug-likeness (QED) is 0.600. The molecule has 1 heterocycles. The van der Waals surface area contributed by atoms with E-state index in [0.717, 1.165) is 6.54 Å². The molecule has 67 valence electrons. The monoisotopic (exact) mass is 174 g/mol. The first-order chi connectivity index (χ1) is 6.42. The second-order valence-electron chi connectivity index (χ2n) is 3.36. The number of allylic oxidation sites excluding steroid dienone is 4. The molecule has 2 heteroatoms. The molecule has 0 aromatic heterocycles. The van der Waals surface area contributed by atoms with Crippen LogP contribution in [-0.2, 0) is 4.79 Å². The first kappa shape index (κ1) is 8.45. The van der Waals surface area contributed by atoms with Crippen molar-refractivity contribution in [1.82, 2.24) is 5.32 Å². The standard InChI is InChI=1S/C11H12NO/c13-8-11-10-6-2-1-4-9(10)5-3-7-12-11/h1-6,9-12H,7H2. The van der Waals surface area contributed by atoms with Crippen LogP contribution >= 0.6 is 0 Å². The summed E-state index contributed by atoms with van der Waals surface area (Å²) in [7, 11) is 0. The van der Waals surface area contributed by atoms with Crippen LogP contribution in [0.1, 0.15) is 0 Å². The molecule has 1 radical (unpaired) electrons. The predicted octanol–water partition coefficient (Wildman–Crippen LogP) is 0.982. The van der Waals surface area contributed by atoms with Gasteiger partial charge in [-0.2, -0.15) is 0 Å². The molecule has 0 fully saturated rings. The van der Waals surface area contributed by atoms with E-state index in [-0.39, 0.29) is 12.0 Å². The van der Waals surface area contributed by atoms with Crippen molar-refractivity contribution in [3.05, 3.63) is 36.5 Å². The predicted molar refractivity (Wildman–Crippen MR) is 51.9 cm³/mol. The van der Waals surface area contributed by atoms with Gasteiger partial charge in [0, 0.05) is 18.4 Å². The van der Waals surface area contributed by atoms with Crippen molar-refractivity contribution >= 4 is 6.29 Å². The highest BCUT2D eigenvalue weighted by Crippen LogP contribution is 2.25. The Kier molecular flexibility index (Phi) is 2.41. The third-order valence-corrected chi connectivity index (χ3v) is 2.55. The molecule has 2 nitrogen and oxygen atoms in total. The van der Waals surface area contributed by atoms with E-state index in [1.54, 1.807) is 0 Å². The van der Waals surface area contributed by atoms with Crippen LogP contribution in [0.5, 0.6) is 0 Å². The van der Waals surface area contributed by atoms with Crippen molar-refractivity contribution in [2.24, 2.45) is 11.8 Å². The Balaban J connectivity index is 2.24. The number of hydrogen-bond acceptors (Lipinski definition) is 2. The Hall–Kier alpha value is -1.15. The van der Waals surface area contributed by atoms with E-state index < -0.39 is 0 Å². The van der Waals surface area contributed by atoms with Gasteiger partial charge in [-0.25, -0.2) is 0 Å². The number of rotatable bonds is 1. The molecular weight excluding hydrogens is 162 g/mol. The van der Waals surface area contributed by atoms with Crippen molar-refractivity contribution in [1.29, 1.82) is 0 Å². The molecule has 0 spiro atoms. The Bertz CT molecular complexity index is 278. The average Bonchev–Trinajstić information content (AvgIpc) is 2.39. The molecule has 0 saturated carbocycles. The van der Waals surface area contributed by atoms with Gasteiger partial charge in [0.15, 0.2) is 0 Å². The van der Waals surface area contributed by atoms with Crippen molar-refractivity contribution in [3.8, 4) is 0 Å². The maximum absolute atomic E-state index is 10.7. The van der Waals surface area contributed by atoms with E-state index >= 15 is 0 Å². The largest absolute Gasteiger partial charge is 0.303 e. The second-order valence-corrected chi connectivity index (χ2v) is 3.36. The summed E-state index contributed by atoms with van der Waals surface area (Å²) in [4.78, 5) is 10.7.